The fraction of sp³-hybridized carbons (Fsp3) is 0.0189. The first-order valence-corrected chi connectivity index (χ1v) is 19.5. The van der Waals surface area contributed by atoms with Gasteiger partial charge in [-0.3, -0.25) is 4.57 Å². The summed E-state index contributed by atoms with van der Waals surface area (Å²) in [6, 6.07) is 67.6. The van der Waals surface area contributed by atoms with Crippen LogP contribution < -0.4 is 4.74 Å². The van der Waals surface area contributed by atoms with Gasteiger partial charge in [0.05, 0.1) is 27.7 Å². The Kier molecular flexibility index (Phi) is 6.07. The largest absolute Gasteiger partial charge is 0.457 e. The van der Waals surface area contributed by atoms with Crippen LogP contribution in [0.1, 0.15) is 22.3 Å². The molecule has 1 aliphatic heterocycles. The molecule has 1 spiro atoms. The van der Waals surface area contributed by atoms with Gasteiger partial charge in [0.1, 0.15) is 11.5 Å². The SMILES string of the molecule is c1ccc2c(c1)Oc1cc3c(cc1C21c2ccccc2-c2ccccc21)c1ccc2ccccc2c1n3-c1nc(-c2ccc3ccccc3c2)c2ccccc2n1. The van der Waals surface area contributed by atoms with Crippen molar-refractivity contribution in [3.8, 4) is 39.8 Å². The van der Waals surface area contributed by atoms with Crippen LogP contribution in [0, 0.1) is 0 Å². The third-order valence-electron chi connectivity index (χ3n) is 12.4. The highest BCUT2D eigenvalue weighted by atomic mass is 16.5. The van der Waals surface area contributed by atoms with E-state index >= 15 is 0 Å². The summed E-state index contributed by atoms with van der Waals surface area (Å²) in [5, 5.41) is 7.96. The highest BCUT2D eigenvalue weighted by molar-refractivity contribution is 6.19. The summed E-state index contributed by atoms with van der Waals surface area (Å²) >= 11 is 0. The van der Waals surface area contributed by atoms with Crippen LogP contribution in [0.5, 0.6) is 11.5 Å². The van der Waals surface area contributed by atoms with Gasteiger partial charge < -0.3 is 4.74 Å². The first-order valence-electron chi connectivity index (χ1n) is 19.5. The van der Waals surface area contributed by atoms with Crippen molar-refractivity contribution in [2.45, 2.75) is 5.41 Å². The third kappa shape index (κ3) is 4.06. The lowest BCUT2D eigenvalue weighted by Crippen LogP contribution is -2.32. The maximum atomic E-state index is 7.03. The van der Waals surface area contributed by atoms with Gasteiger partial charge in [-0.2, -0.15) is 0 Å². The molecule has 0 amide bonds. The number of ether oxygens (including phenoxy) is 1. The summed E-state index contributed by atoms with van der Waals surface area (Å²) < 4.78 is 9.30. The first kappa shape index (κ1) is 30.7. The normalized spacial score (nSPS) is 13.5. The van der Waals surface area contributed by atoms with E-state index in [0.717, 1.165) is 77.4 Å². The van der Waals surface area contributed by atoms with Crippen LogP contribution in [0.15, 0.2) is 188 Å². The molecule has 264 valence electrons. The van der Waals surface area contributed by atoms with Gasteiger partial charge in [-0.25, -0.2) is 9.97 Å². The van der Waals surface area contributed by atoms with E-state index < -0.39 is 5.41 Å². The molecule has 0 radical (unpaired) electrons. The molecule has 0 N–H and O–H groups in total. The Morgan fingerprint density at radius 3 is 1.89 bits per heavy atom. The summed E-state index contributed by atoms with van der Waals surface area (Å²) in [6.45, 7) is 0. The van der Waals surface area contributed by atoms with Gasteiger partial charge in [0, 0.05) is 44.3 Å². The predicted molar refractivity (Wildman–Crippen MR) is 232 cm³/mol. The van der Waals surface area contributed by atoms with Crippen LogP contribution in [-0.4, -0.2) is 14.5 Å². The van der Waals surface area contributed by atoms with E-state index in [9.17, 15) is 0 Å². The number of rotatable bonds is 2. The first-order chi connectivity index (χ1) is 28.3. The molecule has 0 unspecified atom stereocenters. The molecule has 0 bridgehead atoms. The Hall–Kier alpha value is -7.56. The molecule has 0 atom stereocenters. The molecular formula is C53H31N3O. The zero-order chi connectivity index (χ0) is 37.2. The van der Waals surface area contributed by atoms with Crippen molar-refractivity contribution < 1.29 is 4.74 Å². The molecule has 0 saturated heterocycles. The second-order valence-corrected chi connectivity index (χ2v) is 15.3. The minimum Gasteiger partial charge on any atom is -0.457 e. The quantitative estimate of drug-likeness (QED) is 0.178. The van der Waals surface area contributed by atoms with Gasteiger partial charge in [-0.05, 0) is 62.7 Å². The van der Waals surface area contributed by atoms with E-state index in [1.165, 1.54) is 33.0 Å². The zero-order valence-corrected chi connectivity index (χ0v) is 30.6. The molecule has 1 aliphatic carbocycles. The number of nitrogens with zero attached hydrogens (tertiary/aromatic N) is 3. The molecule has 0 fully saturated rings. The second kappa shape index (κ2) is 11.2. The third-order valence-corrected chi connectivity index (χ3v) is 12.4. The van der Waals surface area contributed by atoms with Crippen molar-refractivity contribution >= 4 is 54.3 Å². The van der Waals surface area contributed by atoms with Gasteiger partial charge in [0.2, 0.25) is 5.95 Å². The van der Waals surface area contributed by atoms with Crippen LogP contribution in [0.25, 0.3) is 82.6 Å². The molecule has 11 aromatic rings. The van der Waals surface area contributed by atoms with Crippen molar-refractivity contribution in [1.29, 1.82) is 0 Å². The van der Waals surface area contributed by atoms with Gasteiger partial charge in [0.25, 0.3) is 0 Å². The lowest BCUT2D eigenvalue weighted by atomic mass is 9.66. The zero-order valence-electron chi connectivity index (χ0n) is 30.6. The Morgan fingerprint density at radius 1 is 0.421 bits per heavy atom. The van der Waals surface area contributed by atoms with Crippen LogP contribution in [0.2, 0.25) is 0 Å². The fourth-order valence-corrected chi connectivity index (χ4v) is 10.1. The summed E-state index contributed by atoms with van der Waals surface area (Å²) in [4.78, 5) is 10.9. The molecule has 0 saturated carbocycles. The van der Waals surface area contributed by atoms with E-state index in [4.69, 9.17) is 14.7 Å². The highest BCUT2D eigenvalue weighted by Crippen LogP contribution is 2.62. The van der Waals surface area contributed by atoms with Crippen LogP contribution >= 0.6 is 0 Å². The number of hydrogen-bond acceptors (Lipinski definition) is 3. The lowest BCUT2D eigenvalue weighted by Gasteiger charge is -2.39. The Labute approximate surface area is 327 Å². The number of hydrogen-bond donors (Lipinski definition) is 0. The van der Waals surface area contributed by atoms with Crippen molar-refractivity contribution in [3.05, 3.63) is 210 Å². The van der Waals surface area contributed by atoms with E-state index in [1.54, 1.807) is 0 Å². The van der Waals surface area contributed by atoms with Crippen molar-refractivity contribution in [3.63, 3.8) is 0 Å². The maximum Gasteiger partial charge on any atom is 0.235 e. The van der Waals surface area contributed by atoms with E-state index in [0.29, 0.717) is 5.95 Å². The molecule has 9 aromatic carbocycles. The number of aromatic nitrogens is 3. The summed E-state index contributed by atoms with van der Waals surface area (Å²) in [7, 11) is 0. The Balaban J connectivity index is 1.17. The molecule has 3 heterocycles. The van der Waals surface area contributed by atoms with Crippen molar-refractivity contribution in [2.75, 3.05) is 0 Å². The van der Waals surface area contributed by atoms with Crippen molar-refractivity contribution in [2.24, 2.45) is 0 Å². The summed E-state index contributed by atoms with van der Waals surface area (Å²) in [6.07, 6.45) is 0. The van der Waals surface area contributed by atoms with Gasteiger partial charge in [0.15, 0.2) is 0 Å². The Bertz CT molecular complexity index is 3480. The fourth-order valence-electron chi connectivity index (χ4n) is 10.1. The second-order valence-electron chi connectivity index (χ2n) is 15.3. The summed E-state index contributed by atoms with van der Waals surface area (Å²) in [5.74, 6) is 2.32. The smallest absolute Gasteiger partial charge is 0.235 e. The number of para-hydroxylation sites is 2. The minimum absolute atomic E-state index is 0.570. The van der Waals surface area contributed by atoms with Crippen LogP contribution in [-0.2, 0) is 5.41 Å². The number of benzene rings is 9. The average Bonchev–Trinajstić information content (AvgIpc) is 3.76. The van der Waals surface area contributed by atoms with Crippen molar-refractivity contribution in [1.82, 2.24) is 14.5 Å². The van der Waals surface area contributed by atoms with Gasteiger partial charge in [-0.15, -0.1) is 0 Å². The van der Waals surface area contributed by atoms with E-state index in [2.05, 4.69) is 193 Å². The average molecular weight is 726 g/mol. The van der Waals surface area contributed by atoms with E-state index in [-0.39, 0.29) is 0 Å². The minimum atomic E-state index is -0.570. The predicted octanol–water partition coefficient (Wildman–Crippen LogP) is 13.2. The van der Waals surface area contributed by atoms with Gasteiger partial charge in [-0.1, -0.05) is 158 Å². The molecule has 2 aliphatic rings. The topological polar surface area (TPSA) is 39.9 Å². The molecular weight excluding hydrogens is 695 g/mol. The van der Waals surface area contributed by atoms with Gasteiger partial charge >= 0.3 is 0 Å². The molecule has 2 aromatic heterocycles. The molecule has 4 heteroatoms. The highest BCUT2D eigenvalue weighted by Gasteiger charge is 2.51. The summed E-state index contributed by atoms with van der Waals surface area (Å²) in [5.41, 5.74) is 11.7. The maximum absolute atomic E-state index is 7.03. The molecule has 4 nitrogen and oxygen atoms in total. The molecule has 57 heavy (non-hydrogen) atoms. The van der Waals surface area contributed by atoms with Crippen LogP contribution in [0.3, 0.4) is 0 Å². The monoisotopic (exact) mass is 725 g/mol. The standard InChI is InChI=1S/C53H31N3O/c1-2-15-34-29-35(26-25-32(34)13-1)50-40-19-7-11-23-46(40)54-52(55-50)56-47-31-49-45(30-41(47)39-28-27-33-14-3-4-16-36(33)51(39)56)53(44-22-10-12-24-48(44)57-49)42-20-8-5-17-37(42)38-18-6-9-21-43(38)53/h1-31H. The Morgan fingerprint density at radius 2 is 1.07 bits per heavy atom. The molecule has 13 rings (SSSR count). The van der Waals surface area contributed by atoms with Crippen LogP contribution in [0.4, 0.5) is 0 Å². The van der Waals surface area contributed by atoms with E-state index in [1.807, 2.05) is 0 Å². The number of fused-ring (bicyclic) bond motifs is 16. The lowest BCUT2D eigenvalue weighted by molar-refractivity contribution is 0.437.